The molecular weight excluding hydrogens is 259 g/mol. The van der Waals surface area contributed by atoms with Crippen LogP contribution in [0.3, 0.4) is 0 Å². The first-order chi connectivity index (χ1) is 8.86. The number of ether oxygens (including phenoxy) is 1. The molecule has 102 valence electrons. The van der Waals surface area contributed by atoms with Crippen molar-refractivity contribution in [3.63, 3.8) is 0 Å². The number of hydrogen-bond donors (Lipinski definition) is 1. The maximum Gasteiger partial charge on any atom is 0.416 e. The van der Waals surface area contributed by atoms with Gasteiger partial charge in [-0.15, -0.1) is 0 Å². The molecule has 1 aromatic heterocycles. The normalized spacial score (nSPS) is 13.3. The lowest BCUT2D eigenvalue weighted by Crippen LogP contribution is -2.08. The van der Waals surface area contributed by atoms with E-state index in [0.717, 1.165) is 12.1 Å². The number of aryl methyl sites for hydroxylation is 1. The molecule has 2 rings (SSSR count). The average molecular weight is 271 g/mol. The van der Waals surface area contributed by atoms with Crippen molar-refractivity contribution in [2.45, 2.75) is 26.1 Å². The minimum Gasteiger partial charge on any atom is -0.483 e. The van der Waals surface area contributed by atoms with Gasteiger partial charge in [0.2, 0.25) is 0 Å². The summed E-state index contributed by atoms with van der Waals surface area (Å²) in [7, 11) is 0. The number of nitrogens with one attached hydrogen (secondary N) is 1. The zero-order valence-corrected chi connectivity index (χ0v) is 10.3. The van der Waals surface area contributed by atoms with Crippen LogP contribution in [-0.4, -0.2) is 15.2 Å². The topological polar surface area (TPSA) is 50.8 Å². The highest BCUT2D eigenvalue weighted by Crippen LogP contribution is 2.32. The Morgan fingerprint density at radius 1 is 1.32 bits per heavy atom. The Kier molecular flexibility index (Phi) is 3.46. The number of aromatic amines is 1. The smallest absolute Gasteiger partial charge is 0.416 e. The molecule has 0 saturated heterocycles. The van der Waals surface area contributed by atoms with Crippen molar-refractivity contribution in [1.82, 2.24) is 15.2 Å². The number of hydrogen-bond acceptors (Lipinski definition) is 3. The first kappa shape index (κ1) is 13.4. The van der Waals surface area contributed by atoms with E-state index in [9.17, 15) is 13.2 Å². The molecule has 0 bridgehead atoms. The van der Waals surface area contributed by atoms with Crippen molar-refractivity contribution in [3.8, 4) is 5.75 Å². The lowest BCUT2D eigenvalue weighted by atomic mass is 10.2. The number of benzene rings is 1. The molecule has 0 amide bonds. The van der Waals surface area contributed by atoms with Crippen molar-refractivity contribution in [1.29, 1.82) is 0 Å². The Bertz CT molecular complexity index is 565. The average Bonchev–Trinajstić information content (AvgIpc) is 2.75. The molecule has 0 spiro atoms. The summed E-state index contributed by atoms with van der Waals surface area (Å²) in [5.74, 6) is 1.15. The molecule has 0 fully saturated rings. The second-order valence-electron chi connectivity index (χ2n) is 4.06. The highest BCUT2D eigenvalue weighted by atomic mass is 19.4. The molecular formula is C12H12F3N3O. The van der Waals surface area contributed by atoms with Gasteiger partial charge in [0.05, 0.1) is 5.56 Å². The van der Waals surface area contributed by atoms with E-state index in [-0.39, 0.29) is 5.75 Å². The second-order valence-corrected chi connectivity index (χ2v) is 4.06. The van der Waals surface area contributed by atoms with Crippen LogP contribution >= 0.6 is 0 Å². The Morgan fingerprint density at radius 3 is 2.63 bits per heavy atom. The summed E-state index contributed by atoms with van der Waals surface area (Å²) in [6.07, 6.45) is -4.92. The van der Waals surface area contributed by atoms with Crippen LogP contribution in [0.1, 0.15) is 30.2 Å². The molecule has 1 N–H and O–H groups in total. The Labute approximate surface area is 107 Å². The van der Waals surface area contributed by atoms with Gasteiger partial charge in [-0.05, 0) is 32.0 Å². The minimum atomic E-state index is -4.39. The van der Waals surface area contributed by atoms with Gasteiger partial charge < -0.3 is 4.74 Å². The molecule has 1 aromatic carbocycles. The zero-order valence-electron chi connectivity index (χ0n) is 10.3. The number of rotatable bonds is 3. The minimum absolute atomic E-state index is 0.129. The van der Waals surface area contributed by atoms with Gasteiger partial charge in [-0.2, -0.15) is 18.3 Å². The molecule has 1 heterocycles. The van der Waals surface area contributed by atoms with Gasteiger partial charge in [-0.1, -0.05) is 6.07 Å². The molecule has 19 heavy (non-hydrogen) atoms. The maximum absolute atomic E-state index is 12.5. The fraction of sp³-hybridized carbons (Fsp3) is 0.333. The van der Waals surface area contributed by atoms with Crippen molar-refractivity contribution < 1.29 is 17.9 Å². The summed E-state index contributed by atoms with van der Waals surface area (Å²) in [5.41, 5.74) is -0.747. The Balaban J connectivity index is 2.15. The zero-order chi connectivity index (χ0) is 14.0. The number of nitrogens with zero attached hydrogens (tertiary/aromatic N) is 2. The van der Waals surface area contributed by atoms with Gasteiger partial charge in [0, 0.05) is 0 Å². The van der Waals surface area contributed by atoms with Gasteiger partial charge in [0.1, 0.15) is 11.6 Å². The lowest BCUT2D eigenvalue weighted by Gasteiger charge is -2.13. The third kappa shape index (κ3) is 3.24. The third-order valence-electron chi connectivity index (χ3n) is 2.45. The van der Waals surface area contributed by atoms with E-state index in [1.54, 1.807) is 13.8 Å². The number of alkyl halides is 3. The summed E-state index contributed by atoms with van der Waals surface area (Å²) in [4.78, 5) is 4.06. The van der Waals surface area contributed by atoms with Crippen molar-refractivity contribution in [3.05, 3.63) is 41.5 Å². The van der Waals surface area contributed by atoms with Crippen molar-refractivity contribution in [2.24, 2.45) is 0 Å². The highest BCUT2D eigenvalue weighted by Gasteiger charge is 2.30. The fourth-order valence-corrected chi connectivity index (χ4v) is 1.54. The van der Waals surface area contributed by atoms with Crippen LogP contribution in [0, 0.1) is 6.92 Å². The molecule has 0 aliphatic carbocycles. The van der Waals surface area contributed by atoms with Crippen LogP contribution in [0.4, 0.5) is 13.2 Å². The fourth-order valence-electron chi connectivity index (χ4n) is 1.54. The van der Waals surface area contributed by atoms with E-state index in [4.69, 9.17) is 4.74 Å². The van der Waals surface area contributed by atoms with Crippen LogP contribution in [0.2, 0.25) is 0 Å². The van der Waals surface area contributed by atoms with Crippen molar-refractivity contribution >= 4 is 0 Å². The van der Waals surface area contributed by atoms with E-state index < -0.39 is 17.8 Å². The van der Waals surface area contributed by atoms with Crippen LogP contribution < -0.4 is 4.74 Å². The quantitative estimate of drug-likeness (QED) is 0.932. The maximum atomic E-state index is 12.5. The standard InChI is InChI=1S/C12H12F3N3O/c1-7(11-16-8(2)17-18-11)19-10-5-3-4-9(6-10)12(13,14)15/h3-7H,1-2H3,(H,16,17,18). The molecule has 1 atom stereocenters. The van der Waals surface area contributed by atoms with Gasteiger partial charge in [0.15, 0.2) is 11.9 Å². The van der Waals surface area contributed by atoms with E-state index in [1.165, 1.54) is 12.1 Å². The molecule has 2 aromatic rings. The summed E-state index contributed by atoms with van der Waals surface area (Å²) in [6.45, 7) is 3.40. The first-order valence-electron chi connectivity index (χ1n) is 5.59. The summed E-state index contributed by atoms with van der Waals surface area (Å²) < 4.78 is 43.0. The summed E-state index contributed by atoms with van der Waals surface area (Å²) >= 11 is 0. The van der Waals surface area contributed by atoms with E-state index in [0.29, 0.717) is 11.6 Å². The molecule has 0 radical (unpaired) electrons. The van der Waals surface area contributed by atoms with E-state index in [1.807, 2.05) is 0 Å². The molecule has 0 saturated carbocycles. The second kappa shape index (κ2) is 4.91. The van der Waals surface area contributed by atoms with Crippen molar-refractivity contribution in [2.75, 3.05) is 0 Å². The van der Waals surface area contributed by atoms with Gasteiger partial charge >= 0.3 is 6.18 Å². The Morgan fingerprint density at radius 2 is 2.05 bits per heavy atom. The molecule has 1 unspecified atom stereocenters. The Hall–Kier alpha value is -2.05. The van der Waals surface area contributed by atoms with E-state index in [2.05, 4.69) is 15.2 Å². The SMILES string of the molecule is Cc1nc(C(C)Oc2cccc(C(F)(F)F)c2)n[nH]1. The van der Waals surface area contributed by atoms with Crippen LogP contribution in [0.15, 0.2) is 24.3 Å². The van der Waals surface area contributed by atoms with Crippen LogP contribution in [0.5, 0.6) is 5.75 Å². The van der Waals surface area contributed by atoms with Crippen LogP contribution in [0.25, 0.3) is 0 Å². The first-order valence-corrected chi connectivity index (χ1v) is 5.59. The molecule has 7 heteroatoms. The highest BCUT2D eigenvalue weighted by molar-refractivity contribution is 5.30. The number of H-pyrrole nitrogens is 1. The largest absolute Gasteiger partial charge is 0.483 e. The van der Waals surface area contributed by atoms with Gasteiger partial charge in [-0.3, -0.25) is 5.10 Å². The molecule has 4 nitrogen and oxygen atoms in total. The lowest BCUT2D eigenvalue weighted by molar-refractivity contribution is -0.137. The summed E-state index contributed by atoms with van der Waals surface area (Å²) in [6, 6.07) is 4.71. The number of aromatic nitrogens is 3. The van der Waals surface area contributed by atoms with E-state index >= 15 is 0 Å². The predicted octanol–water partition coefficient (Wildman–Crippen LogP) is 3.27. The predicted molar refractivity (Wildman–Crippen MR) is 61.6 cm³/mol. The van der Waals surface area contributed by atoms with Gasteiger partial charge in [0.25, 0.3) is 0 Å². The third-order valence-corrected chi connectivity index (χ3v) is 2.45. The molecule has 0 aliphatic rings. The number of halogens is 3. The monoisotopic (exact) mass is 271 g/mol. The van der Waals surface area contributed by atoms with Crippen LogP contribution in [-0.2, 0) is 6.18 Å². The van der Waals surface area contributed by atoms with Gasteiger partial charge in [-0.25, -0.2) is 4.98 Å². The summed E-state index contributed by atoms with van der Waals surface area (Å²) in [5, 5.41) is 6.55. The molecule has 0 aliphatic heterocycles.